The Morgan fingerprint density at radius 3 is 2.93 bits per heavy atom. The highest BCUT2D eigenvalue weighted by Gasteiger charge is 2.19. The van der Waals surface area contributed by atoms with Crippen LogP contribution in [-0.2, 0) is 13.0 Å². The average molecular weight is 209 g/mol. The number of aliphatic hydroxyl groups is 2. The van der Waals surface area contributed by atoms with Gasteiger partial charge in [0, 0.05) is 31.1 Å². The van der Waals surface area contributed by atoms with Gasteiger partial charge in [-0.15, -0.1) is 0 Å². The molecular weight excluding hydrogens is 190 g/mol. The maximum Gasteiger partial charge on any atom is 0.0807 e. The van der Waals surface area contributed by atoms with Crippen LogP contribution in [-0.4, -0.2) is 21.4 Å². The fourth-order valence-electron chi connectivity index (χ4n) is 2.26. The maximum absolute atomic E-state index is 9.79. The normalized spacial score (nSPS) is 20.3. The summed E-state index contributed by atoms with van der Waals surface area (Å²) in [6, 6.07) is 0. The first-order valence-corrected chi connectivity index (χ1v) is 5.78. The number of nitrogens with zero attached hydrogens (tertiary/aromatic N) is 1. The second-order valence-electron chi connectivity index (χ2n) is 4.32. The van der Waals surface area contributed by atoms with Gasteiger partial charge in [-0.1, -0.05) is 0 Å². The van der Waals surface area contributed by atoms with Crippen LogP contribution in [0.2, 0.25) is 0 Å². The van der Waals surface area contributed by atoms with Crippen molar-refractivity contribution in [3.8, 4) is 0 Å². The Labute approximate surface area is 90.4 Å². The SMILES string of the molecule is OCCCCn1cc2c(c1)C(O)CCC2. The minimum atomic E-state index is -0.257. The van der Waals surface area contributed by atoms with Crippen LogP contribution in [0.1, 0.15) is 42.9 Å². The van der Waals surface area contributed by atoms with E-state index in [2.05, 4.69) is 17.0 Å². The zero-order valence-corrected chi connectivity index (χ0v) is 9.02. The van der Waals surface area contributed by atoms with E-state index in [1.54, 1.807) is 0 Å². The van der Waals surface area contributed by atoms with Crippen LogP contribution in [0.3, 0.4) is 0 Å². The van der Waals surface area contributed by atoms with E-state index in [0.717, 1.165) is 44.2 Å². The maximum atomic E-state index is 9.79. The van der Waals surface area contributed by atoms with Crippen molar-refractivity contribution in [2.75, 3.05) is 6.61 Å². The number of aromatic nitrogens is 1. The van der Waals surface area contributed by atoms with Crippen molar-refractivity contribution in [3.63, 3.8) is 0 Å². The lowest BCUT2D eigenvalue weighted by molar-refractivity contribution is 0.157. The van der Waals surface area contributed by atoms with Gasteiger partial charge in [0.05, 0.1) is 6.10 Å². The Kier molecular flexibility index (Phi) is 3.44. The van der Waals surface area contributed by atoms with Crippen LogP contribution in [0.5, 0.6) is 0 Å². The molecule has 1 aliphatic carbocycles. The van der Waals surface area contributed by atoms with Crippen LogP contribution in [0.25, 0.3) is 0 Å². The van der Waals surface area contributed by atoms with Gasteiger partial charge in [0.15, 0.2) is 0 Å². The molecule has 0 bridgehead atoms. The van der Waals surface area contributed by atoms with E-state index in [-0.39, 0.29) is 12.7 Å². The van der Waals surface area contributed by atoms with Gasteiger partial charge in [-0.2, -0.15) is 0 Å². The molecule has 3 nitrogen and oxygen atoms in total. The minimum Gasteiger partial charge on any atom is -0.396 e. The summed E-state index contributed by atoms with van der Waals surface area (Å²) in [5, 5.41) is 18.5. The highest BCUT2D eigenvalue weighted by Crippen LogP contribution is 2.30. The van der Waals surface area contributed by atoms with Crippen molar-refractivity contribution in [2.24, 2.45) is 0 Å². The standard InChI is InChI=1S/C12H19NO2/c14-7-2-1-6-13-8-10-4-3-5-12(15)11(10)9-13/h8-9,12,14-15H,1-7H2. The molecular formula is C12H19NO2. The van der Waals surface area contributed by atoms with Gasteiger partial charge in [0.1, 0.15) is 0 Å². The summed E-state index contributed by atoms with van der Waals surface area (Å²) in [6.07, 6.45) is 8.90. The van der Waals surface area contributed by atoms with E-state index >= 15 is 0 Å². The first-order valence-electron chi connectivity index (χ1n) is 5.78. The molecule has 0 saturated heterocycles. The molecule has 0 aliphatic heterocycles. The van der Waals surface area contributed by atoms with Crippen LogP contribution in [0, 0.1) is 0 Å². The van der Waals surface area contributed by atoms with Crippen molar-refractivity contribution in [1.82, 2.24) is 4.57 Å². The third-order valence-corrected chi connectivity index (χ3v) is 3.10. The van der Waals surface area contributed by atoms with Crippen molar-refractivity contribution < 1.29 is 10.2 Å². The predicted molar refractivity (Wildman–Crippen MR) is 58.6 cm³/mol. The number of aryl methyl sites for hydroxylation is 2. The summed E-state index contributed by atoms with van der Waals surface area (Å²) in [5.41, 5.74) is 2.42. The summed E-state index contributed by atoms with van der Waals surface area (Å²) >= 11 is 0. The fraction of sp³-hybridized carbons (Fsp3) is 0.667. The Morgan fingerprint density at radius 2 is 2.20 bits per heavy atom. The van der Waals surface area contributed by atoms with Crippen LogP contribution >= 0.6 is 0 Å². The van der Waals surface area contributed by atoms with Crippen molar-refractivity contribution in [1.29, 1.82) is 0 Å². The molecule has 0 saturated carbocycles. The van der Waals surface area contributed by atoms with Gasteiger partial charge in [-0.3, -0.25) is 0 Å². The quantitative estimate of drug-likeness (QED) is 0.740. The molecule has 84 valence electrons. The molecule has 0 aromatic carbocycles. The van der Waals surface area contributed by atoms with Crippen molar-refractivity contribution in [2.45, 2.75) is 44.8 Å². The third kappa shape index (κ3) is 2.41. The Bertz CT molecular complexity index is 319. The molecule has 2 N–H and O–H groups in total. The molecule has 0 fully saturated rings. The van der Waals surface area contributed by atoms with E-state index in [4.69, 9.17) is 5.11 Å². The van der Waals surface area contributed by atoms with E-state index in [0.29, 0.717) is 0 Å². The molecule has 0 radical (unpaired) electrons. The molecule has 1 atom stereocenters. The van der Waals surface area contributed by atoms with Crippen LogP contribution in [0.4, 0.5) is 0 Å². The predicted octanol–water partition coefficient (Wildman–Crippen LogP) is 1.63. The zero-order chi connectivity index (χ0) is 10.7. The Hall–Kier alpha value is -0.800. The second-order valence-corrected chi connectivity index (χ2v) is 4.32. The minimum absolute atomic E-state index is 0.257. The molecule has 1 aromatic heterocycles. The first-order chi connectivity index (χ1) is 7.31. The lowest BCUT2D eigenvalue weighted by Crippen LogP contribution is -2.05. The molecule has 1 unspecified atom stereocenters. The van der Waals surface area contributed by atoms with Gasteiger partial charge < -0.3 is 14.8 Å². The largest absolute Gasteiger partial charge is 0.396 e. The molecule has 1 aromatic rings. The van der Waals surface area contributed by atoms with Gasteiger partial charge >= 0.3 is 0 Å². The number of fused-ring (bicyclic) bond motifs is 1. The number of rotatable bonds is 4. The van der Waals surface area contributed by atoms with Crippen molar-refractivity contribution in [3.05, 3.63) is 23.5 Å². The molecule has 0 amide bonds. The van der Waals surface area contributed by atoms with Crippen molar-refractivity contribution >= 4 is 0 Å². The molecule has 0 spiro atoms. The third-order valence-electron chi connectivity index (χ3n) is 3.10. The molecule has 1 heterocycles. The average Bonchev–Trinajstić information content (AvgIpc) is 2.63. The van der Waals surface area contributed by atoms with Gasteiger partial charge in [0.25, 0.3) is 0 Å². The first kappa shape index (κ1) is 10.7. The van der Waals surface area contributed by atoms with E-state index in [9.17, 15) is 5.11 Å². The van der Waals surface area contributed by atoms with Gasteiger partial charge in [0.2, 0.25) is 0 Å². The number of hydrogen-bond acceptors (Lipinski definition) is 2. The molecule has 1 aliphatic rings. The molecule has 2 rings (SSSR count). The molecule has 15 heavy (non-hydrogen) atoms. The van der Waals surface area contributed by atoms with Gasteiger partial charge in [-0.05, 0) is 37.7 Å². The summed E-state index contributed by atoms with van der Waals surface area (Å²) in [4.78, 5) is 0. The topological polar surface area (TPSA) is 45.4 Å². The van der Waals surface area contributed by atoms with Gasteiger partial charge in [-0.25, -0.2) is 0 Å². The monoisotopic (exact) mass is 209 g/mol. The van der Waals surface area contributed by atoms with Crippen LogP contribution < -0.4 is 0 Å². The summed E-state index contributed by atoms with van der Waals surface area (Å²) in [7, 11) is 0. The van der Waals surface area contributed by atoms with E-state index in [1.807, 2.05) is 0 Å². The summed E-state index contributed by atoms with van der Waals surface area (Å²) in [6.45, 7) is 1.21. The van der Waals surface area contributed by atoms with E-state index < -0.39 is 0 Å². The number of unbranched alkanes of at least 4 members (excludes halogenated alkanes) is 1. The lowest BCUT2D eigenvalue weighted by Gasteiger charge is -2.16. The fourth-order valence-corrected chi connectivity index (χ4v) is 2.26. The summed E-state index contributed by atoms with van der Waals surface area (Å²) in [5.74, 6) is 0. The Morgan fingerprint density at radius 1 is 1.33 bits per heavy atom. The second kappa shape index (κ2) is 4.81. The smallest absolute Gasteiger partial charge is 0.0807 e. The zero-order valence-electron chi connectivity index (χ0n) is 9.02. The van der Waals surface area contributed by atoms with E-state index in [1.165, 1.54) is 5.56 Å². The highest BCUT2D eigenvalue weighted by atomic mass is 16.3. The number of aliphatic hydroxyl groups excluding tert-OH is 2. The number of hydrogen-bond donors (Lipinski definition) is 2. The highest BCUT2D eigenvalue weighted by molar-refractivity contribution is 5.28. The molecule has 3 heteroatoms. The lowest BCUT2D eigenvalue weighted by atomic mass is 9.93. The Balaban J connectivity index is 2.01. The summed E-state index contributed by atoms with van der Waals surface area (Å²) < 4.78 is 2.15. The van der Waals surface area contributed by atoms with Crippen LogP contribution in [0.15, 0.2) is 12.4 Å².